The maximum atomic E-state index is 12.3. The molecular weight excluding hydrogens is 376 g/mol. The maximum Gasteiger partial charge on any atom is 0.293 e. The van der Waals surface area contributed by atoms with Crippen LogP contribution in [-0.2, 0) is 9.59 Å². The zero-order valence-electron chi connectivity index (χ0n) is 16.8. The SMILES string of the molecule is COc1cccc(NC(=O)CN(C)CC(=O)Nc2cc(C)c(C)cc2[N+](=O)[O-])c1. The third-order valence-corrected chi connectivity index (χ3v) is 4.26. The van der Waals surface area contributed by atoms with Crippen molar-refractivity contribution in [3.05, 3.63) is 57.6 Å². The Morgan fingerprint density at radius 2 is 1.69 bits per heavy atom. The van der Waals surface area contributed by atoms with Crippen molar-refractivity contribution in [2.75, 3.05) is 37.9 Å². The highest BCUT2D eigenvalue weighted by molar-refractivity contribution is 5.96. The van der Waals surface area contributed by atoms with Gasteiger partial charge in [-0.05, 0) is 50.2 Å². The van der Waals surface area contributed by atoms with E-state index in [-0.39, 0.29) is 30.4 Å². The van der Waals surface area contributed by atoms with Gasteiger partial charge in [0.15, 0.2) is 0 Å². The second-order valence-corrected chi connectivity index (χ2v) is 6.71. The third kappa shape index (κ3) is 6.28. The largest absolute Gasteiger partial charge is 0.497 e. The van der Waals surface area contributed by atoms with Crippen LogP contribution in [0.4, 0.5) is 17.1 Å². The lowest BCUT2D eigenvalue weighted by Gasteiger charge is -2.16. The molecule has 0 heterocycles. The van der Waals surface area contributed by atoms with E-state index in [1.807, 2.05) is 6.92 Å². The predicted octanol–water partition coefficient (Wildman–Crippen LogP) is 2.73. The summed E-state index contributed by atoms with van der Waals surface area (Å²) in [4.78, 5) is 36.7. The van der Waals surface area contributed by atoms with E-state index in [2.05, 4.69) is 10.6 Å². The van der Waals surface area contributed by atoms with Crippen LogP contribution in [0.15, 0.2) is 36.4 Å². The van der Waals surface area contributed by atoms with E-state index in [0.29, 0.717) is 11.4 Å². The average molecular weight is 400 g/mol. The van der Waals surface area contributed by atoms with Gasteiger partial charge < -0.3 is 15.4 Å². The Hall–Kier alpha value is -3.46. The van der Waals surface area contributed by atoms with E-state index in [1.54, 1.807) is 44.3 Å². The van der Waals surface area contributed by atoms with Gasteiger partial charge in [-0.3, -0.25) is 24.6 Å². The first-order valence-corrected chi connectivity index (χ1v) is 8.87. The molecule has 29 heavy (non-hydrogen) atoms. The summed E-state index contributed by atoms with van der Waals surface area (Å²) in [5.74, 6) is -0.135. The molecule has 2 aromatic rings. The average Bonchev–Trinajstić information content (AvgIpc) is 2.63. The molecule has 0 aromatic heterocycles. The summed E-state index contributed by atoms with van der Waals surface area (Å²) in [7, 11) is 3.15. The summed E-state index contributed by atoms with van der Waals surface area (Å²) < 4.78 is 5.11. The number of likely N-dealkylation sites (N-methyl/N-ethyl adjacent to an activating group) is 1. The van der Waals surface area contributed by atoms with Gasteiger partial charge in [0.2, 0.25) is 11.8 Å². The molecule has 0 unspecified atom stereocenters. The summed E-state index contributed by atoms with van der Waals surface area (Å²) >= 11 is 0. The number of anilines is 2. The first kappa shape index (κ1) is 21.8. The van der Waals surface area contributed by atoms with E-state index in [0.717, 1.165) is 11.1 Å². The topological polar surface area (TPSA) is 114 Å². The molecule has 2 aromatic carbocycles. The van der Waals surface area contributed by atoms with Crippen molar-refractivity contribution in [1.82, 2.24) is 4.90 Å². The number of carbonyl (C=O) groups excluding carboxylic acids is 2. The molecule has 0 saturated carbocycles. The number of methoxy groups -OCH3 is 1. The minimum absolute atomic E-state index is 0.0281. The number of benzene rings is 2. The Morgan fingerprint density at radius 3 is 2.31 bits per heavy atom. The summed E-state index contributed by atoms with van der Waals surface area (Å²) in [6.07, 6.45) is 0. The van der Waals surface area contributed by atoms with Crippen LogP contribution in [-0.4, -0.2) is 48.9 Å². The lowest BCUT2D eigenvalue weighted by Crippen LogP contribution is -2.36. The van der Waals surface area contributed by atoms with Gasteiger partial charge in [0.05, 0.1) is 25.1 Å². The van der Waals surface area contributed by atoms with Crippen molar-refractivity contribution in [2.45, 2.75) is 13.8 Å². The highest BCUT2D eigenvalue weighted by Crippen LogP contribution is 2.27. The number of hydrogen-bond donors (Lipinski definition) is 2. The number of nitrogens with zero attached hydrogens (tertiary/aromatic N) is 2. The summed E-state index contributed by atoms with van der Waals surface area (Å²) in [6, 6.07) is 9.92. The van der Waals surface area contributed by atoms with Crippen LogP contribution in [0.5, 0.6) is 5.75 Å². The van der Waals surface area contributed by atoms with Gasteiger partial charge in [-0.1, -0.05) is 6.07 Å². The number of hydrogen-bond acceptors (Lipinski definition) is 6. The van der Waals surface area contributed by atoms with Crippen molar-refractivity contribution < 1.29 is 19.2 Å². The van der Waals surface area contributed by atoms with Gasteiger partial charge in [-0.25, -0.2) is 0 Å². The van der Waals surface area contributed by atoms with Crippen LogP contribution in [0.1, 0.15) is 11.1 Å². The van der Waals surface area contributed by atoms with Crippen LogP contribution in [0, 0.1) is 24.0 Å². The molecule has 2 N–H and O–H groups in total. The highest BCUT2D eigenvalue weighted by Gasteiger charge is 2.19. The molecule has 0 radical (unpaired) electrons. The minimum atomic E-state index is -0.534. The number of nitrogens with one attached hydrogen (secondary N) is 2. The zero-order valence-corrected chi connectivity index (χ0v) is 16.8. The number of aryl methyl sites for hydroxylation is 2. The Kier molecular flexibility index (Phi) is 7.27. The molecule has 0 aliphatic carbocycles. The van der Waals surface area contributed by atoms with E-state index < -0.39 is 10.8 Å². The van der Waals surface area contributed by atoms with Crippen LogP contribution >= 0.6 is 0 Å². The molecule has 2 rings (SSSR count). The van der Waals surface area contributed by atoms with Crippen molar-refractivity contribution in [1.29, 1.82) is 0 Å². The fourth-order valence-corrected chi connectivity index (χ4v) is 2.69. The van der Waals surface area contributed by atoms with E-state index in [1.165, 1.54) is 18.1 Å². The molecule has 9 heteroatoms. The summed E-state index contributed by atoms with van der Waals surface area (Å²) in [5, 5.41) is 16.5. The quantitative estimate of drug-likeness (QED) is 0.520. The lowest BCUT2D eigenvalue weighted by atomic mass is 10.1. The zero-order chi connectivity index (χ0) is 21.6. The van der Waals surface area contributed by atoms with Gasteiger partial charge in [-0.15, -0.1) is 0 Å². The van der Waals surface area contributed by atoms with E-state index in [4.69, 9.17) is 4.74 Å². The maximum absolute atomic E-state index is 12.3. The fourth-order valence-electron chi connectivity index (χ4n) is 2.69. The van der Waals surface area contributed by atoms with Gasteiger partial charge in [0.1, 0.15) is 11.4 Å². The number of carbonyl (C=O) groups is 2. The smallest absolute Gasteiger partial charge is 0.293 e. The molecule has 0 saturated heterocycles. The van der Waals surface area contributed by atoms with Crippen LogP contribution < -0.4 is 15.4 Å². The Morgan fingerprint density at radius 1 is 1.07 bits per heavy atom. The monoisotopic (exact) mass is 400 g/mol. The molecular formula is C20H24N4O5. The second kappa shape index (κ2) is 9.65. The van der Waals surface area contributed by atoms with Crippen molar-refractivity contribution in [3.8, 4) is 5.75 Å². The number of rotatable bonds is 8. The lowest BCUT2D eigenvalue weighted by molar-refractivity contribution is -0.384. The normalized spacial score (nSPS) is 10.5. The molecule has 154 valence electrons. The first-order valence-electron chi connectivity index (χ1n) is 8.87. The molecule has 9 nitrogen and oxygen atoms in total. The van der Waals surface area contributed by atoms with E-state index >= 15 is 0 Å². The van der Waals surface area contributed by atoms with Crippen LogP contribution in [0.2, 0.25) is 0 Å². The standard InChI is InChI=1S/C20H24N4O5/c1-13-8-17(18(24(27)28)9-14(13)2)22-20(26)12-23(3)11-19(25)21-15-6-5-7-16(10-15)29-4/h5-10H,11-12H2,1-4H3,(H,21,25)(H,22,26). The molecule has 0 bridgehead atoms. The Balaban J connectivity index is 1.94. The van der Waals surface area contributed by atoms with Gasteiger partial charge in [0.25, 0.3) is 5.69 Å². The van der Waals surface area contributed by atoms with Gasteiger partial charge in [-0.2, -0.15) is 0 Å². The summed E-state index contributed by atoms with van der Waals surface area (Å²) in [5.41, 5.74) is 2.15. The molecule has 0 fully saturated rings. The van der Waals surface area contributed by atoms with Crippen LogP contribution in [0.3, 0.4) is 0 Å². The summed E-state index contributed by atoms with van der Waals surface area (Å²) in [6.45, 7) is 3.45. The number of nitro benzene ring substituents is 1. The first-order chi connectivity index (χ1) is 13.7. The fraction of sp³-hybridized carbons (Fsp3) is 0.300. The van der Waals surface area contributed by atoms with Crippen molar-refractivity contribution in [2.24, 2.45) is 0 Å². The third-order valence-electron chi connectivity index (χ3n) is 4.26. The minimum Gasteiger partial charge on any atom is -0.497 e. The Bertz CT molecular complexity index is 929. The number of nitro groups is 1. The van der Waals surface area contributed by atoms with Crippen LogP contribution in [0.25, 0.3) is 0 Å². The van der Waals surface area contributed by atoms with E-state index in [9.17, 15) is 19.7 Å². The molecule has 0 atom stereocenters. The highest BCUT2D eigenvalue weighted by atomic mass is 16.6. The van der Waals surface area contributed by atoms with Crippen molar-refractivity contribution >= 4 is 28.9 Å². The van der Waals surface area contributed by atoms with Gasteiger partial charge in [0, 0.05) is 17.8 Å². The number of ether oxygens (including phenoxy) is 1. The predicted molar refractivity (Wildman–Crippen MR) is 110 cm³/mol. The number of amides is 2. The molecule has 2 amide bonds. The molecule has 0 spiro atoms. The van der Waals surface area contributed by atoms with Gasteiger partial charge >= 0.3 is 0 Å². The molecule has 0 aliphatic rings. The Labute approximate surface area is 168 Å². The molecule has 0 aliphatic heterocycles. The van der Waals surface area contributed by atoms with Crippen molar-refractivity contribution in [3.63, 3.8) is 0 Å². The second-order valence-electron chi connectivity index (χ2n) is 6.71.